The van der Waals surface area contributed by atoms with Gasteiger partial charge in [-0.1, -0.05) is 13.0 Å². The van der Waals surface area contributed by atoms with Crippen molar-refractivity contribution in [2.45, 2.75) is 26.3 Å². The van der Waals surface area contributed by atoms with Crippen molar-refractivity contribution in [2.75, 3.05) is 0 Å². The molecule has 1 aromatic carbocycles. The lowest BCUT2D eigenvalue weighted by atomic mass is 10.1. The minimum Gasteiger partial charge on any atom is -0.481 e. The summed E-state index contributed by atoms with van der Waals surface area (Å²) in [4.78, 5) is 10.8. The molecule has 1 atom stereocenters. The van der Waals surface area contributed by atoms with E-state index in [4.69, 9.17) is 5.11 Å². The maximum absolute atomic E-state index is 13.6. The number of benzene rings is 1. The molecule has 8 heteroatoms. The Morgan fingerprint density at radius 2 is 2.19 bits per heavy atom. The van der Waals surface area contributed by atoms with E-state index in [9.17, 15) is 13.6 Å². The maximum Gasteiger partial charge on any atom is 0.306 e. The second kappa shape index (κ2) is 6.38. The zero-order valence-electron chi connectivity index (χ0n) is 11.3. The van der Waals surface area contributed by atoms with E-state index >= 15 is 0 Å². The van der Waals surface area contributed by atoms with Crippen LogP contribution in [0.1, 0.15) is 24.7 Å². The van der Waals surface area contributed by atoms with Crippen LogP contribution in [-0.4, -0.2) is 31.3 Å². The molecule has 0 aliphatic heterocycles. The van der Waals surface area contributed by atoms with Crippen molar-refractivity contribution in [2.24, 2.45) is 5.92 Å². The Bertz CT molecular complexity index is 645. The normalized spacial score (nSPS) is 12.3. The summed E-state index contributed by atoms with van der Waals surface area (Å²) in [5.74, 6) is -2.33. The van der Waals surface area contributed by atoms with Gasteiger partial charge in [0, 0.05) is 19.0 Å². The summed E-state index contributed by atoms with van der Waals surface area (Å²) in [6, 6.07) is 3.30. The number of halogens is 2. The highest BCUT2D eigenvalue weighted by Gasteiger charge is 2.14. The fourth-order valence-corrected chi connectivity index (χ4v) is 1.80. The van der Waals surface area contributed by atoms with Crippen LogP contribution in [0.4, 0.5) is 8.78 Å². The predicted octanol–water partition coefficient (Wildman–Crippen LogP) is 1.65. The first-order valence-corrected chi connectivity index (χ1v) is 6.39. The Labute approximate surface area is 119 Å². The second-order valence-electron chi connectivity index (χ2n) is 4.76. The Balaban J connectivity index is 2.08. The number of aryl methyl sites for hydroxylation is 1. The number of hydrogen-bond acceptors (Lipinski definition) is 4. The average molecular weight is 296 g/mol. The highest BCUT2D eigenvalue weighted by Crippen LogP contribution is 2.14. The molecular formula is C13H14F2N4O2. The Kier molecular flexibility index (Phi) is 4.56. The van der Waals surface area contributed by atoms with Crippen molar-refractivity contribution in [3.8, 4) is 0 Å². The Morgan fingerprint density at radius 3 is 2.86 bits per heavy atom. The van der Waals surface area contributed by atoms with Gasteiger partial charge in [-0.05, 0) is 28.5 Å². The van der Waals surface area contributed by atoms with Crippen LogP contribution in [0.2, 0.25) is 0 Å². The molecular weight excluding hydrogens is 282 g/mol. The van der Waals surface area contributed by atoms with Crippen molar-refractivity contribution >= 4 is 5.97 Å². The molecule has 0 spiro atoms. The number of rotatable bonds is 6. The summed E-state index contributed by atoms with van der Waals surface area (Å²) >= 11 is 0. The van der Waals surface area contributed by atoms with Gasteiger partial charge in [-0.2, -0.15) is 0 Å². The van der Waals surface area contributed by atoms with Gasteiger partial charge < -0.3 is 5.11 Å². The van der Waals surface area contributed by atoms with Gasteiger partial charge in [0.2, 0.25) is 0 Å². The van der Waals surface area contributed by atoms with E-state index in [2.05, 4.69) is 15.5 Å². The molecule has 6 nitrogen and oxygen atoms in total. The van der Waals surface area contributed by atoms with E-state index in [0.717, 1.165) is 6.07 Å². The van der Waals surface area contributed by atoms with Crippen molar-refractivity contribution in [3.05, 3.63) is 41.2 Å². The number of carboxylic acid groups (broad SMARTS) is 1. The molecule has 0 fully saturated rings. The van der Waals surface area contributed by atoms with Crippen LogP contribution >= 0.6 is 0 Å². The number of aliphatic carboxylic acids is 1. The summed E-state index contributed by atoms with van der Waals surface area (Å²) in [5.41, 5.74) is 0.277. The van der Waals surface area contributed by atoms with Gasteiger partial charge in [0.1, 0.15) is 11.6 Å². The molecule has 0 radical (unpaired) electrons. The van der Waals surface area contributed by atoms with Crippen LogP contribution in [0, 0.1) is 17.6 Å². The summed E-state index contributed by atoms with van der Waals surface area (Å²) in [6.45, 7) is 1.91. The summed E-state index contributed by atoms with van der Waals surface area (Å²) in [5, 5.41) is 19.9. The first kappa shape index (κ1) is 15.0. The first-order valence-electron chi connectivity index (χ1n) is 6.39. The summed E-state index contributed by atoms with van der Waals surface area (Å²) < 4.78 is 27.9. The van der Waals surface area contributed by atoms with Crippen molar-refractivity contribution in [1.82, 2.24) is 20.2 Å². The predicted molar refractivity (Wildman–Crippen MR) is 68.4 cm³/mol. The monoisotopic (exact) mass is 296 g/mol. The topological polar surface area (TPSA) is 80.9 Å². The van der Waals surface area contributed by atoms with Crippen LogP contribution in [0.3, 0.4) is 0 Å². The number of tetrazole rings is 1. The number of hydrogen-bond donors (Lipinski definition) is 1. The average Bonchev–Trinajstić information content (AvgIpc) is 2.86. The highest BCUT2D eigenvalue weighted by atomic mass is 19.1. The second-order valence-corrected chi connectivity index (χ2v) is 4.76. The lowest BCUT2D eigenvalue weighted by molar-refractivity contribution is -0.141. The van der Waals surface area contributed by atoms with E-state index in [0.29, 0.717) is 18.8 Å². The quantitative estimate of drug-likeness (QED) is 0.876. The minimum absolute atomic E-state index is 0.112. The maximum atomic E-state index is 13.6. The van der Waals surface area contributed by atoms with E-state index in [1.165, 1.54) is 16.8 Å². The van der Waals surface area contributed by atoms with Crippen molar-refractivity contribution in [1.29, 1.82) is 0 Å². The minimum atomic E-state index is -0.894. The smallest absolute Gasteiger partial charge is 0.306 e. The molecule has 1 aromatic heterocycles. The van der Waals surface area contributed by atoms with Gasteiger partial charge in [0.15, 0.2) is 5.82 Å². The molecule has 1 unspecified atom stereocenters. The molecule has 2 aromatic rings. The molecule has 21 heavy (non-hydrogen) atoms. The lowest BCUT2D eigenvalue weighted by Crippen LogP contribution is -2.15. The van der Waals surface area contributed by atoms with Gasteiger partial charge in [0.25, 0.3) is 0 Å². The van der Waals surface area contributed by atoms with Gasteiger partial charge in [-0.15, -0.1) is 5.10 Å². The van der Waals surface area contributed by atoms with E-state index < -0.39 is 23.5 Å². The molecule has 0 saturated carbocycles. The summed E-state index contributed by atoms with van der Waals surface area (Å²) in [7, 11) is 0. The molecule has 112 valence electrons. The largest absolute Gasteiger partial charge is 0.481 e. The molecule has 0 amide bonds. The van der Waals surface area contributed by atoms with Gasteiger partial charge in [-0.3, -0.25) is 4.79 Å². The van der Waals surface area contributed by atoms with Crippen LogP contribution in [0.15, 0.2) is 18.2 Å². The molecule has 0 aliphatic carbocycles. The third-order valence-electron chi connectivity index (χ3n) is 3.17. The molecule has 0 aliphatic rings. The number of carboxylic acids is 1. The van der Waals surface area contributed by atoms with E-state index in [1.807, 2.05) is 0 Å². The van der Waals surface area contributed by atoms with E-state index in [1.54, 1.807) is 6.92 Å². The zero-order chi connectivity index (χ0) is 15.4. The molecule has 1 heterocycles. The van der Waals surface area contributed by atoms with Crippen molar-refractivity contribution < 1.29 is 18.7 Å². The van der Waals surface area contributed by atoms with E-state index in [-0.39, 0.29) is 12.0 Å². The molecule has 0 bridgehead atoms. The third kappa shape index (κ3) is 3.80. The number of carbonyl (C=O) groups is 1. The standard InChI is InChI=1S/C13H14F2N4O2/c1-8(13(20)21)4-5-19-12(16-17-18-19)6-9-2-3-10(14)7-11(9)15/h2-3,7-8H,4-6H2,1H3,(H,20,21). The zero-order valence-corrected chi connectivity index (χ0v) is 11.3. The van der Waals surface area contributed by atoms with Crippen LogP contribution in [0.5, 0.6) is 0 Å². The lowest BCUT2D eigenvalue weighted by Gasteiger charge is -2.08. The SMILES string of the molecule is CC(CCn1nnnc1Cc1ccc(F)cc1F)C(=O)O. The fourth-order valence-electron chi connectivity index (χ4n) is 1.80. The van der Waals surface area contributed by atoms with Crippen LogP contribution in [0.25, 0.3) is 0 Å². The van der Waals surface area contributed by atoms with Gasteiger partial charge >= 0.3 is 5.97 Å². The van der Waals surface area contributed by atoms with Crippen LogP contribution < -0.4 is 0 Å². The highest BCUT2D eigenvalue weighted by molar-refractivity contribution is 5.69. The molecule has 0 saturated heterocycles. The Morgan fingerprint density at radius 1 is 1.43 bits per heavy atom. The summed E-state index contributed by atoms with van der Waals surface area (Å²) in [6.07, 6.45) is 0.472. The number of nitrogens with zero attached hydrogens (tertiary/aromatic N) is 4. The van der Waals surface area contributed by atoms with Crippen LogP contribution in [-0.2, 0) is 17.8 Å². The molecule has 2 rings (SSSR count). The third-order valence-corrected chi connectivity index (χ3v) is 3.17. The fraction of sp³-hybridized carbons (Fsp3) is 0.385. The first-order chi connectivity index (χ1) is 9.97. The Hall–Kier alpha value is -2.38. The molecule has 1 N–H and O–H groups in total. The number of aromatic nitrogens is 4. The van der Waals surface area contributed by atoms with Crippen molar-refractivity contribution in [3.63, 3.8) is 0 Å². The van der Waals surface area contributed by atoms with Gasteiger partial charge in [0.05, 0.1) is 5.92 Å². The van der Waals surface area contributed by atoms with Gasteiger partial charge in [-0.25, -0.2) is 13.5 Å².